The molecule has 0 bridgehead atoms. The summed E-state index contributed by atoms with van der Waals surface area (Å²) in [6.45, 7) is 0. The molecule has 0 spiro atoms. The Kier molecular flexibility index (Phi) is 43.0. The summed E-state index contributed by atoms with van der Waals surface area (Å²) >= 11 is -0.400. The van der Waals surface area contributed by atoms with Crippen LogP contribution >= 0.6 is 0 Å². The zero-order valence-corrected chi connectivity index (χ0v) is 6.36. The van der Waals surface area contributed by atoms with Crippen molar-refractivity contribution in [1.82, 2.24) is 0 Å². The minimum absolute atomic E-state index is 0.350. The summed E-state index contributed by atoms with van der Waals surface area (Å²) in [5, 5.41) is 0. The van der Waals surface area contributed by atoms with Crippen LogP contribution in [-0.2, 0) is 11.6 Å². The van der Waals surface area contributed by atoms with Crippen LogP contribution in [0, 0.1) is 0 Å². The van der Waals surface area contributed by atoms with Gasteiger partial charge in [-0.2, -0.15) is 8.42 Å². The van der Waals surface area contributed by atoms with Crippen molar-refractivity contribution in [3.8, 4) is 0 Å². The molecule has 0 aliphatic rings. The third-order valence-electron chi connectivity index (χ3n) is 0. The first-order chi connectivity index (χ1) is 2.41. The van der Waals surface area contributed by atoms with Gasteiger partial charge in [0.2, 0.25) is 0 Å². The number of hydrogen-bond donors (Lipinski definition) is 1. The van der Waals surface area contributed by atoms with E-state index >= 15 is 0 Å². The van der Waals surface area contributed by atoms with Crippen LogP contribution in [0.5, 0.6) is 0 Å². The number of hydrogen-bond acceptors (Lipinski definition) is 3. The minimum atomic E-state index is -0.750. The molecule has 0 heterocycles. The van der Waals surface area contributed by atoms with Gasteiger partial charge < -0.3 is 0 Å². The molecule has 0 saturated heterocycles. The molecule has 0 unspecified atom stereocenters. The third-order valence-corrected chi connectivity index (χ3v) is 0. The molecule has 0 aromatic heterocycles. The van der Waals surface area contributed by atoms with Crippen molar-refractivity contribution in [2.45, 2.75) is 0 Å². The van der Waals surface area contributed by atoms with Crippen molar-refractivity contribution >= 4 is 34.5 Å². The summed E-state index contributed by atoms with van der Waals surface area (Å²) in [5.74, 6) is 0. The molecular weight excluding hydrogens is 199 g/mol. The van der Waals surface area contributed by atoms with Crippen LogP contribution in [0.2, 0.25) is 0 Å². The van der Waals surface area contributed by atoms with Crippen molar-refractivity contribution in [2.75, 3.05) is 0 Å². The van der Waals surface area contributed by atoms with Gasteiger partial charge in [0.25, 0.3) is 0 Å². The van der Waals surface area contributed by atoms with E-state index in [1.807, 2.05) is 0 Å². The predicted molar refractivity (Wildman–Crippen MR) is 18.3 cm³/mol. The van der Waals surface area contributed by atoms with Crippen molar-refractivity contribution in [2.24, 2.45) is 0 Å². The predicted octanol–water partition coefficient (Wildman–Crippen LogP) is -1.88. The van der Waals surface area contributed by atoms with Gasteiger partial charge in [0, 0.05) is 0 Å². The maximum absolute atomic E-state index is 8.29. The van der Waals surface area contributed by atoms with Gasteiger partial charge in [0.1, 0.15) is 0 Å². The zero-order valence-electron chi connectivity index (χ0n) is 2.25. The third kappa shape index (κ3) is 90.9. The van der Waals surface area contributed by atoms with E-state index in [0.717, 1.165) is 0 Å². The van der Waals surface area contributed by atoms with Crippen LogP contribution < -0.4 is 0 Å². The summed E-state index contributed by atoms with van der Waals surface area (Å²) < 4.78 is 23.7. The summed E-state index contributed by atoms with van der Waals surface area (Å²) in [6.07, 6.45) is 0. The second-order valence-corrected chi connectivity index (χ2v) is 0.204. The fourth-order valence-corrected chi connectivity index (χ4v) is 0. The van der Waals surface area contributed by atoms with Gasteiger partial charge in [-0.05, 0) is 0 Å². The van der Waals surface area contributed by atoms with Gasteiger partial charge >= 0.3 is 38.0 Å². The van der Waals surface area contributed by atoms with Gasteiger partial charge in [-0.3, -0.25) is 0 Å². The summed E-state index contributed by atoms with van der Waals surface area (Å²) in [4.78, 5) is 0. The monoisotopic (exact) mass is 202 g/mol. The molecule has 0 fully saturated rings. The summed E-state index contributed by atoms with van der Waals surface area (Å²) in [5.41, 5.74) is 0. The molecule has 30 valence electrons. The first kappa shape index (κ1) is 9.13. The van der Waals surface area contributed by atoms with Gasteiger partial charge in [0.05, 0.1) is 0 Å². The summed E-state index contributed by atoms with van der Waals surface area (Å²) in [6, 6.07) is 0. The molecule has 3 nitrogen and oxygen atoms in total. The Morgan fingerprint density at radius 1 is 1.40 bits per heavy atom. The molecule has 2 radical (unpaired) electrons. The molecule has 0 rings (SSSR count). The molecule has 0 aliphatic carbocycles. The van der Waals surface area contributed by atoms with Crippen molar-refractivity contribution in [1.29, 1.82) is 0 Å². The fraction of sp³-hybridized carbons (Fsp3) is 0. The summed E-state index contributed by atoms with van der Waals surface area (Å²) in [7, 11) is 0. The normalized spacial score (nSPS) is 3.60. The van der Waals surface area contributed by atoms with Crippen LogP contribution in [0.3, 0.4) is 0 Å². The van der Waals surface area contributed by atoms with E-state index in [1.54, 1.807) is 0 Å². The first-order valence-electron chi connectivity index (χ1n) is 0.592. The van der Waals surface area contributed by atoms with Crippen LogP contribution in [0.1, 0.15) is 0 Å². The Hall–Kier alpha value is 0.579. The van der Waals surface area contributed by atoms with E-state index in [1.165, 1.54) is 0 Å². The van der Waals surface area contributed by atoms with Crippen LogP contribution in [-0.4, -0.2) is 34.8 Å². The standard InChI is InChI=1S/O2S.H2O.Sn.H/c1-3-2;;;/h;1H2;;/q;;+1;/p-1. The van der Waals surface area contributed by atoms with Crippen LogP contribution in [0.15, 0.2) is 0 Å². The van der Waals surface area contributed by atoms with E-state index in [4.69, 9.17) is 11.9 Å². The van der Waals surface area contributed by atoms with Crippen molar-refractivity contribution in [3.63, 3.8) is 0 Å². The number of rotatable bonds is 0. The molecule has 0 aliphatic heterocycles. The van der Waals surface area contributed by atoms with Gasteiger partial charge in [0.15, 0.2) is 0 Å². The van der Waals surface area contributed by atoms with E-state index in [-0.39, 0.29) is 0 Å². The average Bonchev–Trinajstić information content (AvgIpc) is 1.46. The molecule has 0 saturated carbocycles. The van der Waals surface area contributed by atoms with Gasteiger partial charge in [-0.1, -0.05) is 0 Å². The second-order valence-electron chi connectivity index (χ2n) is 0.0680. The molecule has 0 atom stereocenters. The molecule has 0 aromatic rings. The Balaban J connectivity index is 0. The van der Waals surface area contributed by atoms with Crippen LogP contribution in [0.25, 0.3) is 0 Å². The van der Waals surface area contributed by atoms with E-state index in [9.17, 15) is 0 Å². The molecule has 1 N–H and O–H groups in total. The van der Waals surface area contributed by atoms with Crippen LogP contribution in [0.4, 0.5) is 0 Å². The fourth-order valence-electron chi connectivity index (χ4n) is 0. The Labute approximate surface area is 46.6 Å². The van der Waals surface area contributed by atoms with Crippen molar-refractivity contribution in [3.05, 3.63) is 0 Å². The molecule has 5 heteroatoms. The maximum atomic E-state index is 8.29. The average molecular weight is 201 g/mol. The van der Waals surface area contributed by atoms with Crippen molar-refractivity contribution < 1.29 is 11.9 Å². The topological polar surface area (TPSA) is 54.4 Å². The first-order valence-corrected chi connectivity index (χ1v) is 2.73. The quantitative estimate of drug-likeness (QED) is 0.466. The second kappa shape index (κ2) is 23.5. The van der Waals surface area contributed by atoms with Gasteiger partial charge in [-0.15, -0.1) is 0 Å². The molecule has 0 amide bonds. The molecular formula is H2O3SSn. The van der Waals surface area contributed by atoms with E-state index in [2.05, 4.69) is 0 Å². The SMILES string of the molecule is O=S=O.[OH][SnH]. The molecule has 5 heavy (non-hydrogen) atoms. The van der Waals surface area contributed by atoms with Gasteiger partial charge in [-0.25, -0.2) is 0 Å². The van der Waals surface area contributed by atoms with E-state index < -0.39 is 11.6 Å². The Morgan fingerprint density at radius 2 is 1.40 bits per heavy atom. The Morgan fingerprint density at radius 3 is 1.40 bits per heavy atom. The zero-order chi connectivity index (χ0) is 4.71. The Bertz CT molecular complexity index is 27.9. The molecule has 0 aromatic carbocycles. The van der Waals surface area contributed by atoms with E-state index in [0.29, 0.717) is 22.9 Å².